The Bertz CT molecular complexity index is 1210. The first kappa shape index (κ1) is 35.3. The Kier molecular flexibility index (Phi) is 12.8. The van der Waals surface area contributed by atoms with Crippen LogP contribution in [0.2, 0.25) is 0 Å². The number of carboxylic acids is 2. The number of rotatable bonds is 7. The summed E-state index contributed by atoms with van der Waals surface area (Å²) in [7, 11) is 3.62. The lowest BCUT2D eigenvalue weighted by Crippen LogP contribution is -2.28. The molecule has 9 nitrogen and oxygen atoms in total. The normalized spacial score (nSPS) is 15.0. The minimum atomic E-state index is -5.08. The Hall–Kier alpha value is -3.88. The SMILES string of the molecule is CN(C)C(=O)c1cc2c(nc1NCC1CC1)CCN(CCc1ccccc1)CC2.O=C(O)C(F)(F)F.O=C(O)C(F)(F)F. The average Bonchev–Trinajstić information content (AvgIpc) is 3.77. The summed E-state index contributed by atoms with van der Waals surface area (Å²) >= 11 is 0. The highest BCUT2D eigenvalue weighted by Crippen LogP contribution is 2.30. The van der Waals surface area contributed by atoms with Crippen LogP contribution in [-0.4, -0.2) is 95.5 Å². The molecule has 2 aromatic rings. The lowest BCUT2D eigenvalue weighted by molar-refractivity contribution is -0.193. The van der Waals surface area contributed by atoms with E-state index in [1.807, 2.05) is 14.1 Å². The summed E-state index contributed by atoms with van der Waals surface area (Å²) in [6, 6.07) is 12.8. The largest absolute Gasteiger partial charge is 0.490 e. The van der Waals surface area contributed by atoms with Gasteiger partial charge in [0.05, 0.1) is 5.56 Å². The van der Waals surface area contributed by atoms with E-state index in [0.29, 0.717) is 5.56 Å². The van der Waals surface area contributed by atoms with Gasteiger partial charge in [-0.05, 0) is 48.8 Å². The molecule has 43 heavy (non-hydrogen) atoms. The van der Waals surface area contributed by atoms with Gasteiger partial charge in [0.15, 0.2) is 0 Å². The van der Waals surface area contributed by atoms with Gasteiger partial charge in [-0.25, -0.2) is 14.6 Å². The highest BCUT2D eigenvalue weighted by Gasteiger charge is 2.39. The number of pyridine rings is 1. The van der Waals surface area contributed by atoms with Crippen molar-refractivity contribution in [2.75, 3.05) is 45.6 Å². The van der Waals surface area contributed by atoms with Crippen LogP contribution < -0.4 is 5.32 Å². The summed E-state index contributed by atoms with van der Waals surface area (Å²) in [5, 5.41) is 17.7. The third-order valence-electron chi connectivity index (χ3n) is 6.49. The second-order valence-corrected chi connectivity index (χ2v) is 10.2. The molecule has 1 fully saturated rings. The minimum absolute atomic E-state index is 0.0313. The van der Waals surface area contributed by atoms with Gasteiger partial charge in [-0.3, -0.25) is 4.79 Å². The van der Waals surface area contributed by atoms with Gasteiger partial charge in [0, 0.05) is 52.4 Å². The molecule has 2 heterocycles. The molecule has 238 valence electrons. The van der Waals surface area contributed by atoms with Crippen molar-refractivity contribution >= 4 is 23.7 Å². The molecule has 0 unspecified atom stereocenters. The van der Waals surface area contributed by atoms with Gasteiger partial charge in [-0.2, -0.15) is 26.3 Å². The van der Waals surface area contributed by atoms with Crippen molar-refractivity contribution in [2.45, 2.75) is 44.5 Å². The summed E-state index contributed by atoms with van der Waals surface area (Å²) in [5.41, 5.74) is 4.49. The van der Waals surface area contributed by atoms with Crippen molar-refractivity contribution in [3.8, 4) is 0 Å². The Labute approximate surface area is 244 Å². The van der Waals surface area contributed by atoms with Crippen LogP contribution in [0.4, 0.5) is 32.2 Å². The number of hydrogen-bond donors (Lipinski definition) is 3. The molecule has 2 aliphatic rings. The van der Waals surface area contributed by atoms with E-state index in [4.69, 9.17) is 24.8 Å². The number of aliphatic carboxylic acids is 2. The standard InChI is InChI=1S/C24H32N4O.2C2HF3O2/c1-27(2)24(29)21-16-20-11-14-28(13-10-18-6-4-3-5-7-18)15-12-22(20)26-23(21)25-17-19-8-9-19;2*3-2(4,5)1(6)7/h3-7,16,19H,8-15,17H2,1-2H3,(H,25,26);2*(H,6,7). The summed E-state index contributed by atoms with van der Waals surface area (Å²) in [5.74, 6) is -3.97. The number of aromatic nitrogens is 1. The number of nitrogens with one attached hydrogen (secondary N) is 1. The fourth-order valence-corrected chi connectivity index (χ4v) is 3.94. The number of benzene rings is 1. The van der Waals surface area contributed by atoms with Crippen LogP contribution in [0, 0.1) is 5.92 Å². The van der Waals surface area contributed by atoms with Crippen molar-refractivity contribution in [1.29, 1.82) is 0 Å². The zero-order chi connectivity index (χ0) is 32.4. The van der Waals surface area contributed by atoms with E-state index >= 15 is 0 Å². The number of hydrogen-bond acceptors (Lipinski definition) is 6. The third-order valence-corrected chi connectivity index (χ3v) is 6.49. The Morgan fingerprint density at radius 3 is 1.98 bits per heavy atom. The van der Waals surface area contributed by atoms with Crippen molar-refractivity contribution < 1.29 is 50.9 Å². The van der Waals surface area contributed by atoms with Crippen molar-refractivity contribution in [1.82, 2.24) is 14.8 Å². The van der Waals surface area contributed by atoms with Crippen LogP contribution in [-0.2, 0) is 28.9 Å². The number of nitrogens with zero attached hydrogens (tertiary/aromatic N) is 3. The maximum atomic E-state index is 12.8. The molecule has 1 aliphatic carbocycles. The van der Waals surface area contributed by atoms with Gasteiger partial charge in [0.2, 0.25) is 0 Å². The monoisotopic (exact) mass is 620 g/mol. The second kappa shape index (κ2) is 15.5. The van der Waals surface area contributed by atoms with Crippen molar-refractivity contribution in [3.05, 3.63) is 58.8 Å². The smallest absolute Gasteiger partial charge is 0.475 e. The number of alkyl halides is 6. The zero-order valence-corrected chi connectivity index (χ0v) is 23.6. The molecule has 0 spiro atoms. The molecular formula is C28H34F6N4O5. The van der Waals surface area contributed by atoms with E-state index in [-0.39, 0.29) is 5.91 Å². The molecule has 1 aromatic heterocycles. The Balaban J connectivity index is 0.000000384. The van der Waals surface area contributed by atoms with E-state index in [1.54, 1.807) is 4.90 Å². The lowest BCUT2D eigenvalue weighted by atomic mass is 10.0. The van der Waals surface area contributed by atoms with Crippen LogP contribution in [0.1, 0.15) is 40.0 Å². The number of anilines is 1. The van der Waals surface area contributed by atoms with Crippen LogP contribution in [0.5, 0.6) is 0 Å². The van der Waals surface area contributed by atoms with E-state index in [0.717, 1.165) is 62.9 Å². The van der Waals surface area contributed by atoms with E-state index in [1.165, 1.54) is 24.0 Å². The molecule has 1 aromatic carbocycles. The van der Waals surface area contributed by atoms with Gasteiger partial charge < -0.3 is 25.3 Å². The van der Waals surface area contributed by atoms with Gasteiger partial charge in [0.1, 0.15) is 5.82 Å². The van der Waals surface area contributed by atoms with Crippen LogP contribution in [0.3, 0.4) is 0 Å². The third kappa shape index (κ3) is 12.5. The minimum Gasteiger partial charge on any atom is -0.475 e. The topological polar surface area (TPSA) is 123 Å². The molecule has 1 amide bonds. The fraction of sp³-hybridized carbons (Fsp3) is 0.500. The fourth-order valence-electron chi connectivity index (χ4n) is 3.94. The van der Waals surface area contributed by atoms with Crippen LogP contribution in [0.25, 0.3) is 0 Å². The number of halogens is 6. The summed E-state index contributed by atoms with van der Waals surface area (Å²) in [4.78, 5) is 39.7. The van der Waals surface area contributed by atoms with Gasteiger partial charge in [0.25, 0.3) is 5.91 Å². The Morgan fingerprint density at radius 2 is 1.49 bits per heavy atom. The molecular weight excluding hydrogens is 586 g/mol. The quantitative estimate of drug-likeness (QED) is 0.387. The molecule has 0 bridgehead atoms. The summed E-state index contributed by atoms with van der Waals surface area (Å²) in [6.45, 7) is 4.03. The average molecular weight is 621 g/mol. The molecule has 15 heteroatoms. The lowest BCUT2D eigenvalue weighted by Gasteiger charge is -2.19. The van der Waals surface area contributed by atoms with Gasteiger partial charge in [-0.15, -0.1) is 0 Å². The molecule has 3 N–H and O–H groups in total. The predicted octanol–water partition coefficient (Wildman–Crippen LogP) is 4.52. The zero-order valence-electron chi connectivity index (χ0n) is 23.6. The molecule has 4 rings (SSSR count). The summed E-state index contributed by atoms with van der Waals surface area (Å²) < 4.78 is 63.5. The maximum Gasteiger partial charge on any atom is 0.490 e. The highest BCUT2D eigenvalue weighted by molar-refractivity contribution is 5.98. The summed E-state index contributed by atoms with van der Waals surface area (Å²) in [6.07, 6.45) is -4.63. The van der Waals surface area contributed by atoms with Crippen molar-refractivity contribution in [3.63, 3.8) is 0 Å². The van der Waals surface area contributed by atoms with E-state index in [9.17, 15) is 31.1 Å². The van der Waals surface area contributed by atoms with Crippen LogP contribution >= 0.6 is 0 Å². The molecule has 0 atom stereocenters. The number of amides is 1. The number of carbonyl (C=O) groups is 3. The number of fused-ring (bicyclic) bond motifs is 1. The van der Waals surface area contributed by atoms with Gasteiger partial charge in [-0.1, -0.05) is 30.3 Å². The van der Waals surface area contributed by atoms with E-state index in [2.05, 4.69) is 46.6 Å². The first-order chi connectivity index (χ1) is 20.0. The molecule has 0 radical (unpaired) electrons. The van der Waals surface area contributed by atoms with Crippen molar-refractivity contribution in [2.24, 2.45) is 5.92 Å². The first-order valence-corrected chi connectivity index (χ1v) is 13.3. The molecule has 1 saturated carbocycles. The molecule has 0 saturated heterocycles. The first-order valence-electron chi connectivity index (χ1n) is 13.3. The second-order valence-electron chi connectivity index (χ2n) is 10.2. The van der Waals surface area contributed by atoms with Crippen LogP contribution in [0.15, 0.2) is 36.4 Å². The number of carbonyl (C=O) groups excluding carboxylic acids is 1. The maximum absolute atomic E-state index is 12.8. The Morgan fingerprint density at radius 1 is 0.953 bits per heavy atom. The highest BCUT2D eigenvalue weighted by atomic mass is 19.4. The molecule has 1 aliphatic heterocycles. The predicted molar refractivity (Wildman–Crippen MR) is 145 cm³/mol. The number of carboxylic acid groups (broad SMARTS) is 2. The van der Waals surface area contributed by atoms with E-state index < -0.39 is 24.3 Å². The van der Waals surface area contributed by atoms with Gasteiger partial charge >= 0.3 is 24.3 Å².